The Balaban J connectivity index is 2.36. The van der Waals surface area contributed by atoms with E-state index in [9.17, 15) is 0 Å². The van der Waals surface area contributed by atoms with E-state index < -0.39 is 0 Å². The smallest absolute Gasteiger partial charge is 0.0952 e. The molecule has 5 heteroatoms. The van der Waals surface area contributed by atoms with Crippen LogP contribution in [0, 0.1) is 11.3 Å². The van der Waals surface area contributed by atoms with Gasteiger partial charge in [-0.1, -0.05) is 18.5 Å². The van der Waals surface area contributed by atoms with Gasteiger partial charge >= 0.3 is 0 Å². The van der Waals surface area contributed by atoms with E-state index in [-0.39, 0.29) is 11.8 Å². The summed E-state index contributed by atoms with van der Waals surface area (Å²) in [5.74, 6) is 0.216. The predicted octanol–water partition coefficient (Wildman–Crippen LogP) is 2.90. The van der Waals surface area contributed by atoms with E-state index >= 15 is 0 Å². The Labute approximate surface area is 117 Å². The lowest BCUT2D eigenvalue weighted by Crippen LogP contribution is -2.32. The maximum absolute atomic E-state index is 7.47. The van der Waals surface area contributed by atoms with E-state index in [1.165, 1.54) is 0 Å². The highest BCUT2D eigenvalue weighted by Gasteiger charge is 2.12. The molecule has 0 fully saturated rings. The van der Waals surface area contributed by atoms with Gasteiger partial charge in [0, 0.05) is 41.8 Å². The first-order valence-corrected chi connectivity index (χ1v) is 6.46. The molecule has 0 saturated carbocycles. The Morgan fingerprint density at radius 3 is 2.89 bits per heavy atom. The van der Waals surface area contributed by atoms with Crippen LogP contribution in [-0.4, -0.2) is 24.4 Å². The van der Waals surface area contributed by atoms with Crippen LogP contribution in [0.25, 0.3) is 10.9 Å². The van der Waals surface area contributed by atoms with Gasteiger partial charge < -0.3 is 10.6 Å². The summed E-state index contributed by atoms with van der Waals surface area (Å²) < 4.78 is 0. The molecule has 1 atom stereocenters. The van der Waals surface area contributed by atoms with Crippen LogP contribution in [0.1, 0.15) is 6.92 Å². The van der Waals surface area contributed by atoms with Gasteiger partial charge in [-0.05, 0) is 24.3 Å². The highest BCUT2D eigenvalue weighted by atomic mass is 35.5. The number of anilines is 1. The zero-order valence-corrected chi connectivity index (χ0v) is 11.8. The second-order valence-electron chi connectivity index (χ2n) is 4.73. The minimum Gasteiger partial charge on any atom is -0.387 e. The topological polar surface area (TPSA) is 66.0 Å². The molecule has 0 aliphatic rings. The third kappa shape index (κ3) is 2.96. The van der Waals surface area contributed by atoms with Crippen molar-refractivity contribution in [3.05, 3.63) is 35.5 Å². The Bertz CT molecular complexity index is 611. The number of pyridine rings is 1. The second kappa shape index (κ2) is 5.45. The molecule has 19 heavy (non-hydrogen) atoms. The van der Waals surface area contributed by atoms with Crippen LogP contribution >= 0.6 is 11.6 Å². The third-order valence-corrected chi connectivity index (χ3v) is 3.41. The van der Waals surface area contributed by atoms with E-state index in [4.69, 9.17) is 22.7 Å². The highest BCUT2D eigenvalue weighted by molar-refractivity contribution is 6.31. The summed E-state index contributed by atoms with van der Waals surface area (Å²) in [6.45, 7) is 2.64. The SMILES string of the molecule is CC(CN(C)c1ccnc2cc(Cl)ccc12)C(=N)N. The molecule has 0 aliphatic carbocycles. The standard InChI is InChI=1S/C14H17ClN4/c1-9(14(16)17)8-19(2)13-5-6-18-12-7-10(15)3-4-11(12)13/h3-7,9H,8H2,1-2H3,(H3,16,17). The molecule has 0 radical (unpaired) electrons. The molecule has 1 aromatic heterocycles. The monoisotopic (exact) mass is 276 g/mol. The number of halogens is 1. The van der Waals surface area contributed by atoms with Gasteiger partial charge in [-0.3, -0.25) is 10.4 Å². The lowest BCUT2D eigenvalue weighted by Gasteiger charge is -2.24. The van der Waals surface area contributed by atoms with E-state index in [1.807, 2.05) is 38.2 Å². The average molecular weight is 277 g/mol. The molecule has 3 N–H and O–H groups in total. The van der Waals surface area contributed by atoms with Crippen molar-refractivity contribution in [2.45, 2.75) is 6.92 Å². The van der Waals surface area contributed by atoms with E-state index in [0.717, 1.165) is 16.6 Å². The zero-order chi connectivity index (χ0) is 14.0. The lowest BCUT2D eigenvalue weighted by molar-refractivity contribution is 0.730. The van der Waals surface area contributed by atoms with Crippen molar-refractivity contribution in [3.63, 3.8) is 0 Å². The highest BCUT2D eigenvalue weighted by Crippen LogP contribution is 2.27. The fourth-order valence-electron chi connectivity index (χ4n) is 2.05. The number of hydrogen-bond donors (Lipinski definition) is 2. The van der Waals surface area contributed by atoms with E-state index in [1.54, 1.807) is 6.20 Å². The molecular formula is C14H17ClN4. The minimum atomic E-state index is 0.0144. The fourth-order valence-corrected chi connectivity index (χ4v) is 2.21. The number of fused-ring (bicyclic) bond motifs is 1. The van der Waals surface area contributed by atoms with E-state index in [0.29, 0.717) is 11.6 Å². The van der Waals surface area contributed by atoms with Crippen molar-refractivity contribution < 1.29 is 0 Å². The maximum atomic E-state index is 7.47. The molecule has 2 aromatic rings. The van der Waals surface area contributed by atoms with Crippen molar-refractivity contribution in [3.8, 4) is 0 Å². The third-order valence-electron chi connectivity index (χ3n) is 3.17. The van der Waals surface area contributed by atoms with Crippen molar-refractivity contribution in [1.82, 2.24) is 4.98 Å². The molecule has 100 valence electrons. The number of nitrogens with two attached hydrogens (primary N) is 1. The molecule has 0 spiro atoms. The molecule has 1 heterocycles. The van der Waals surface area contributed by atoms with Gasteiger partial charge in [0.1, 0.15) is 0 Å². The summed E-state index contributed by atoms with van der Waals surface area (Å²) >= 11 is 5.98. The van der Waals surface area contributed by atoms with Crippen LogP contribution in [0.4, 0.5) is 5.69 Å². The van der Waals surface area contributed by atoms with Gasteiger partial charge in [0.25, 0.3) is 0 Å². The molecule has 2 rings (SSSR count). The Hall–Kier alpha value is -1.81. The normalized spacial score (nSPS) is 12.4. The predicted molar refractivity (Wildman–Crippen MR) is 81.1 cm³/mol. The summed E-state index contributed by atoms with van der Waals surface area (Å²) in [7, 11) is 1.99. The van der Waals surface area contributed by atoms with Crippen LogP contribution in [-0.2, 0) is 0 Å². The van der Waals surface area contributed by atoms with Crippen LogP contribution in [0.5, 0.6) is 0 Å². The number of hydrogen-bond acceptors (Lipinski definition) is 3. The molecule has 4 nitrogen and oxygen atoms in total. The van der Waals surface area contributed by atoms with Crippen molar-refractivity contribution in [1.29, 1.82) is 5.41 Å². The minimum absolute atomic E-state index is 0.0144. The lowest BCUT2D eigenvalue weighted by atomic mass is 10.1. The fraction of sp³-hybridized carbons (Fsp3) is 0.286. The summed E-state index contributed by atoms with van der Waals surface area (Å²) in [6.07, 6.45) is 1.77. The Kier molecular flexibility index (Phi) is 3.90. The molecule has 0 bridgehead atoms. The van der Waals surface area contributed by atoms with E-state index in [2.05, 4.69) is 9.88 Å². The first-order valence-electron chi connectivity index (χ1n) is 6.08. The molecular weight excluding hydrogens is 260 g/mol. The van der Waals surface area contributed by atoms with Gasteiger partial charge in [-0.2, -0.15) is 0 Å². The summed E-state index contributed by atoms with van der Waals surface area (Å²) in [5, 5.41) is 9.19. The number of rotatable bonds is 4. The summed E-state index contributed by atoms with van der Waals surface area (Å²) in [5.41, 5.74) is 7.45. The first-order chi connectivity index (χ1) is 8.99. The number of nitrogens with one attached hydrogen (secondary N) is 1. The van der Waals surface area contributed by atoms with Crippen LogP contribution in [0.2, 0.25) is 5.02 Å². The first kappa shape index (κ1) is 13.6. The molecule has 1 aromatic carbocycles. The van der Waals surface area contributed by atoms with Gasteiger partial charge in [0.15, 0.2) is 0 Å². The largest absolute Gasteiger partial charge is 0.387 e. The van der Waals surface area contributed by atoms with Crippen molar-refractivity contribution in [2.24, 2.45) is 11.7 Å². The van der Waals surface area contributed by atoms with Crippen LogP contribution in [0.15, 0.2) is 30.5 Å². The summed E-state index contributed by atoms with van der Waals surface area (Å²) in [4.78, 5) is 6.41. The van der Waals surface area contributed by atoms with Crippen LogP contribution in [0.3, 0.4) is 0 Å². The summed E-state index contributed by atoms with van der Waals surface area (Å²) in [6, 6.07) is 7.64. The van der Waals surface area contributed by atoms with Gasteiger partial charge in [-0.25, -0.2) is 0 Å². The van der Waals surface area contributed by atoms with Crippen LogP contribution < -0.4 is 10.6 Å². The second-order valence-corrected chi connectivity index (χ2v) is 5.16. The van der Waals surface area contributed by atoms with Crippen molar-refractivity contribution >= 4 is 34.0 Å². The number of amidine groups is 1. The maximum Gasteiger partial charge on any atom is 0.0952 e. The Morgan fingerprint density at radius 2 is 2.21 bits per heavy atom. The molecule has 0 amide bonds. The quantitative estimate of drug-likeness (QED) is 0.666. The number of aromatic nitrogens is 1. The zero-order valence-electron chi connectivity index (χ0n) is 11.0. The number of benzene rings is 1. The molecule has 0 aliphatic heterocycles. The van der Waals surface area contributed by atoms with Gasteiger partial charge in [0.2, 0.25) is 0 Å². The van der Waals surface area contributed by atoms with Gasteiger partial charge in [0.05, 0.1) is 11.4 Å². The number of nitrogens with zero attached hydrogens (tertiary/aromatic N) is 2. The molecule has 0 saturated heterocycles. The van der Waals surface area contributed by atoms with Crippen molar-refractivity contribution in [2.75, 3.05) is 18.5 Å². The molecule has 1 unspecified atom stereocenters. The Morgan fingerprint density at radius 1 is 1.47 bits per heavy atom. The average Bonchev–Trinajstić information content (AvgIpc) is 2.37. The van der Waals surface area contributed by atoms with Gasteiger partial charge in [-0.15, -0.1) is 0 Å².